The smallest absolute Gasteiger partial charge is 0.0272 e. The van der Waals surface area contributed by atoms with Crippen LogP contribution in [0.25, 0.3) is 0 Å². The summed E-state index contributed by atoms with van der Waals surface area (Å²) >= 11 is 0. The molecule has 0 radical (unpaired) electrons. The van der Waals surface area contributed by atoms with Crippen molar-refractivity contribution in [2.75, 3.05) is 11.5 Å². The molecular weight excluding hydrogens is 120 g/mol. The van der Waals surface area contributed by atoms with Crippen molar-refractivity contribution >= 4 is 10.8 Å². The van der Waals surface area contributed by atoms with E-state index in [1.807, 2.05) is 0 Å². The van der Waals surface area contributed by atoms with Crippen molar-refractivity contribution in [3.05, 3.63) is 12.2 Å². The highest BCUT2D eigenvalue weighted by Crippen LogP contribution is 2.11. The highest BCUT2D eigenvalue weighted by atomic mass is 32.2. The second-order valence-electron chi connectivity index (χ2n) is 2.10. The van der Waals surface area contributed by atoms with Gasteiger partial charge in [0.05, 0.1) is 0 Å². The van der Waals surface area contributed by atoms with Crippen LogP contribution in [0.2, 0.25) is 0 Å². The summed E-state index contributed by atoms with van der Waals surface area (Å²) < 4.78 is 10.7. The fourth-order valence-corrected chi connectivity index (χ4v) is 1.98. The molecule has 1 nitrogen and oxygen atoms in total. The summed E-state index contributed by atoms with van der Waals surface area (Å²) in [5.41, 5.74) is 1.27. The van der Waals surface area contributed by atoms with Crippen molar-refractivity contribution in [1.29, 1.82) is 0 Å². The zero-order valence-electron chi connectivity index (χ0n) is 4.85. The number of rotatable bonds is 0. The van der Waals surface area contributed by atoms with Crippen molar-refractivity contribution in [2.45, 2.75) is 12.8 Å². The Morgan fingerprint density at radius 1 is 1.38 bits per heavy atom. The minimum atomic E-state index is -0.522. The highest BCUT2D eigenvalue weighted by molar-refractivity contribution is 7.85. The molecule has 1 rings (SSSR count). The topological polar surface area (TPSA) is 17.1 Å². The minimum Gasteiger partial charge on any atom is -0.260 e. The van der Waals surface area contributed by atoms with Gasteiger partial charge in [0.1, 0.15) is 0 Å². The molecule has 1 fully saturated rings. The summed E-state index contributed by atoms with van der Waals surface area (Å²) in [5, 5.41) is 0. The third-order valence-electron chi connectivity index (χ3n) is 1.37. The van der Waals surface area contributed by atoms with E-state index < -0.39 is 10.8 Å². The van der Waals surface area contributed by atoms with Gasteiger partial charge in [0.15, 0.2) is 0 Å². The lowest BCUT2D eigenvalue weighted by molar-refractivity contribution is 0.677. The van der Waals surface area contributed by atoms with E-state index in [0.29, 0.717) is 0 Å². The molecule has 46 valence electrons. The zero-order chi connectivity index (χ0) is 5.98. The number of hydrogen-bond donors (Lipinski definition) is 0. The molecule has 0 N–H and O–H groups in total. The normalized spacial score (nSPS) is 23.8. The molecular formula is C6H10OS. The molecule has 0 amide bonds. The molecule has 0 aromatic heterocycles. The largest absolute Gasteiger partial charge is 0.260 e. The molecule has 2 heteroatoms. The van der Waals surface area contributed by atoms with Crippen LogP contribution in [0.15, 0.2) is 12.2 Å². The van der Waals surface area contributed by atoms with Crippen molar-refractivity contribution < 1.29 is 4.21 Å². The van der Waals surface area contributed by atoms with E-state index in [-0.39, 0.29) is 0 Å². The van der Waals surface area contributed by atoms with E-state index in [0.717, 1.165) is 24.3 Å². The van der Waals surface area contributed by atoms with E-state index in [1.54, 1.807) is 0 Å². The Morgan fingerprint density at radius 3 is 2.25 bits per heavy atom. The van der Waals surface area contributed by atoms with E-state index in [9.17, 15) is 4.21 Å². The Kier molecular flexibility index (Phi) is 1.84. The SMILES string of the molecule is C=C1CCS(=O)CC1. The van der Waals surface area contributed by atoms with E-state index >= 15 is 0 Å². The average Bonchev–Trinajstić information content (AvgIpc) is 1.77. The molecule has 0 saturated carbocycles. The number of allylic oxidation sites excluding steroid dienone is 1. The quantitative estimate of drug-likeness (QED) is 0.448. The second kappa shape index (κ2) is 2.44. The molecule has 1 heterocycles. The Hall–Kier alpha value is -0.110. The summed E-state index contributed by atoms with van der Waals surface area (Å²) in [7, 11) is -0.522. The summed E-state index contributed by atoms with van der Waals surface area (Å²) in [6, 6.07) is 0. The van der Waals surface area contributed by atoms with Crippen molar-refractivity contribution in [1.82, 2.24) is 0 Å². The Labute approximate surface area is 52.2 Å². The van der Waals surface area contributed by atoms with Crippen LogP contribution >= 0.6 is 0 Å². The van der Waals surface area contributed by atoms with Gasteiger partial charge in [-0.15, -0.1) is 0 Å². The average molecular weight is 130 g/mol. The minimum absolute atomic E-state index is 0.522. The lowest BCUT2D eigenvalue weighted by atomic mass is 10.2. The second-order valence-corrected chi connectivity index (χ2v) is 3.79. The van der Waals surface area contributed by atoms with Crippen LogP contribution < -0.4 is 0 Å². The Morgan fingerprint density at radius 2 is 1.88 bits per heavy atom. The fraction of sp³-hybridized carbons (Fsp3) is 0.667. The zero-order valence-corrected chi connectivity index (χ0v) is 5.67. The van der Waals surface area contributed by atoms with Gasteiger partial charge in [-0.2, -0.15) is 0 Å². The van der Waals surface area contributed by atoms with E-state index in [1.165, 1.54) is 5.57 Å². The van der Waals surface area contributed by atoms with E-state index in [4.69, 9.17) is 0 Å². The van der Waals surface area contributed by atoms with Gasteiger partial charge in [-0.1, -0.05) is 12.2 Å². The van der Waals surface area contributed by atoms with Crippen LogP contribution in [0.1, 0.15) is 12.8 Å². The van der Waals surface area contributed by atoms with Gasteiger partial charge in [-0.05, 0) is 12.8 Å². The molecule has 0 spiro atoms. The van der Waals surface area contributed by atoms with Crippen LogP contribution in [0.4, 0.5) is 0 Å². The number of hydrogen-bond acceptors (Lipinski definition) is 1. The molecule has 0 bridgehead atoms. The van der Waals surface area contributed by atoms with Gasteiger partial charge in [-0.3, -0.25) is 4.21 Å². The van der Waals surface area contributed by atoms with Crippen LogP contribution in [0, 0.1) is 0 Å². The predicted molar refractivity (Wildman–Crippen MR) is 36.3 cm³/mol. The first kappa shape index (κ1) is 6.02. The maximum Gasteiger partial charge on any atom is 0.0272 e. The maximum atomic E-state index is 10.7. The van der Waals surface area contributed by atoms with Crippen LogP contribution in [0.5, 0.6) is 0 Å². The summed E-state index contributed by atoms with van der Waals surface area (Å²) in [5.74, 6) is 1.69. The summed E-state index contributed by atoms with van der Waals surface area (Å²) in [6.07, 6.45) is 1.96. The first-order valence-corrected chi connectivity index (χ1v) is 4.29. The van der Waals surface area contributed by atoms with Gasteiger partial charge in [-0.25, -0.2) is 0 Å². The van der Waals surface area contributed by atoms with Crippen LogP contribution in [-0.2, 0) is 10.8 Å². The highest BCUT2D eigenvalue weighted by Gasteiger charge is 2.08. The monoisotopic (exact) mass is 130 g/mol. The molecule has 8 heavy (non-hydrogen) atoms. The van der Waals surface area contributed by atoms with Crippen molar-refractivity contribution in [2.24, 2.45) is 0 Å². The molecule has 1 aliphatic rings. The van der Waals surface area contributed by atoms with Gasteiger partial charge >= 0.3 is 0 Å². The summed E-state index contributed by atoms with van der Waals surface area (Å²) in [6.45, 7) is 3.81. The lowest BCUT2D eigenvalue weighted by Crippen LogP contribution is -2.10. The van der Waals surface area contributed by atoms with Crippen molar-refractivity contribution in [3.63, 3.8) is 0 Å². The Bertz CT molecular complexity index is 100. The predicted octanol–water partition coefficient (Wildman–Crippen LogP) is 1.09. The van der Waals surface area contributed by atoms with E-state index in [2.05, 4.69) is 6.58 Å². The fourth-order valence-electron chi connectivity index (χ4n) is 0.743. The maximum absolute atomic E-state index is 10.7. The molecule has 1 saturated heterocycles. The van der Waals surface area contributed by atoms with Crippen LogP contribution in [0.3, 0.4) is 0 Å². The first-order chi connectivity index (χ1) is 3.79. The van der Waals surface area contributed by atoms with Crippen molar-refractivity contribution in [3.8, 4) is 0 Å². The standard InChI is InChI=1S/C6H10OS/c1-6-2-4-8(7)5-3-6/h1-5H2. The molecule has 0 aromatic rings. The Balaban J connectivity index is 2.40. The molecule has 0 aromatic carbocycles. The van der Waals surface area contributed by atoms with Gasteiger partial charge in [0, 0.05) is 22.3 Å². The molecule has 0 atom stereocenters. The van der Waals surface area contributed by atoms with Gasteiger partial charge < -0.3 is 0 Å². The molecule has 0 unspecified atom stereocenters. The molecule has 0 aliphatic carbocycles. The third kappa shape index (κ3) is 1.44. The molecule has 1 aliphatic heterocycles. The first-order valence-electron chi connectivity index (χ1n) is 2.80. The van der Waals surface area contributed by atoms with Gasteiger partial charge in [0.2, 0.25) is 0 Å². The van der Waals surface area contributed by atoms with Crippen LogP contribution in [-0.4, -0.2) is 15.7 Å². The third-order valence-corrected chi connectivity index (χ3v) is 2.69. The summed E-state index contributed by atoms with van der Waals surface area (Å²) in [4.78, 5) is 0. The lowest BCUT2D eigenvalue weighted by Gasteiger charge is -2.10. The van der Waals surface area contributed by atoms with Gasteiger partial charge in [0.25, 0.3) is 0 Å².